The van der Waals surface area contributed by atoms with Crippen molar-refractivity contribution in [2.75, 3.05) is 19.7 Å². The van der Waals surface area contributed by atoms with E-state index in [4.69, 9.17) is 13.9 Å². The SMILES string of the molecule is CCCOC(=O)c1ccc(Oc2c(C)oc3c(CN4CCCC(C)C4)c(O)ccc3c2=O)cc1. The number of likely N-dealkylation sites (tertiary alicyclic amines) is 1. The van der Waals surface area contributed by atoms with Gasteiger partial charge in [-0.15, -0.1) is 0 Å². The zero-order valence-corrected chi connectivity index (χ0v) is 19.9. The molecule has 1 unspecified atom stereocenters. The van der Waals surface area contributed by atoms with Gasteiger partial charge in [-0.2, -0.15) is 0 Å². The number of hydrogen-bond donors (Lipinski definition) is 1. The van der Waals surface area contributed by atoms with Gasteiger partial charge in [-0.1, -0.05) is 13.8 Å². The van der Waals surface area contributed by atoms with Gasteiger partial charge in [0.25, 0.3) is 0 Å². The molecule has 2 aromatic carbocycles. The molecular formula is C27H31NO6. The summed E-state index contributed by atoms with van der Waals surface area (Å²) in [5.41, 5.74) is 1.11. The fourth-order valence-corrected chi connectivity index (χ4v) is 4.37. The van der Waals surface area contributed by atoms with Crippen molar-refractivity contribution >= 4 is 16.9 Å². The summed E-state index contributed by atoms with van der Waals surface area (Å²) in [5.74, 6) is 1.13. The van der Waals surface area contributed by atoms with E-state index in [1.807, 2.05) is 6.92 Å². The first kappa shape index (κ1) is 23.8. The Bertz CT molecular complexity index is 1230. The summed E-state index contributed by atoms with van der Waals surface area (Å²) in [7, 11) is 0. The van der Waals surface area contributed by atoms with Crippen molar-refractivity contribution in [3.8, 4) is 17.2 Å². The van der Waals surface area contributed by atoms with E-state index in [0.29, 0.717) is 52.7 Å². The van der Waals surface area contributed by atoms with Crippen molar-refractivity contribution in [3.05, 3.63) is 63.5 Å². The summed E-state index contributed by atoms with van der Waals surface area (Å²) in [6.07, 6.45) is 3.07. The number of benzene rings is 2. The van der Waals surface area contributed by atoms with Crippen molar-refractivity contribution in [1.29, 1.82) is 0 Å². The fraction of sp³-hybridized carbons (Fsp3) is 0.407. The van der Waals surface area contributed by atoms with Gasteiger partial charge >= 0.3 is 5.97 Å². The topological polar surface area (TPSA) is 89.2 Å². The molecule has 0 radical (unpaired) electrons. The first-order chi connectivity index (χ1) is 16.4. The molecule has 7 heteroatoms. The van der Waals surface area contributed by atoms with Crippen molar-refractivity contribution in [2.45, 2.75) is 46.6 Å². The zero-order chi connectivity index (χ0) is 24.2. The van der Waals surface area contributed by atoms with E-state index in [-0.39, 0.29) is 16.9 Å². The van der Waals surface area contributed by atoms with Crippen LogP contribution in [0.2, 0.25) is 0 Å². The molecule has 0 amide bonds. The minimum atomic E-state index is -0.398. The number of piperidine rings is 1. The Balaban J connectivity index is 1.62. The first-order valence-electron chi connectivity index (χ1n) is 11.8. The van der Waals surface area contributed by atoms with E-state index < -0.39 is 5.97 Å². The van der Waals surface area contributed by atoms with Crippen LogP contribution in [0.25, 0.3) is 11.0 Å². The molecule has 2 heterocycles. The molecule has 7 nitrogen and oxygen atoms in total. The number of hydrogen-bond acceptors (Lipinski definition) is 7. The molecule has 0 saturated carbocycles. The Labute approximate surface area is 198 Å². The summed E-state index contributed by atoms with van der Waals surface area (Å²) in [5, 5.41) is 10.9. The lowest BCUT2D eigenvalue weighted by atomic mass is 9.99. The van der Waals surface area contributed by atoms with Crippen LogP contribution in [-0.2, 0) is 11.3 Å². The predicted molar refractivity (Wildman–Crippen MR) is 130 cm³/mol. The molecule has 1 aliphatic rings. The fourth-order valence-electron chi connectivity index (χ4n) is 4.37. The Morgan fingerprint density at radius 3 is 2.68 bits per heavy atom. The molecular weight excluding hydrogens is 434 g/mol. The normalized spacial score (nSPS) is 16.5. The minimum absolute atomic E-state index is 0.0806. The van der Waals surface area contributed by atoms with E-state index in [1.54, 1.807) is 37.3 Å². The smallest absolute Gasteiger partial charge is 0.338 e. The van der Waals surface area contributed by atoms with Gasteiger partial charge in [0.15, 0.2) is 0 Å². The zero-order valence-electron chi connectivity index (χ0n) is 19.9. The van der Waals surface area contributed by atoms with Crippen LogP contribution >= 0.6 is 0 Å². The Kier molecular flexibility index (Phi) is 7.22. The summed E-state index contributed by atoms with van der Waals surface area (Å²) < 4.78 is 17.0. The number of aromatic hydroxyl groups is 1. The van der Waals surface area contributed by atoms with Gasteiger partial charge in [-0.3, -0.25) is 9.69 Å². The van der Waals surface area contributed by atoms with E-state index in [2.05, 4.69) is 11.8 Å². The van der Waals surface area contributed by atoms with Crippen LogP contribution in [0.15, 0.2) is 45.6 Å². The lowest BCUT2D eigenvalue weighted by Crippen LogP contribution is -2.33. The monoisotopic (exact) mass is 465 g/mol. The van der Waals surface area contributed by atoms with Crippen LogP contribution < -0.4 is 10.2 Å². The molecule has 0 bridgehead atoms. The number of nitrogens with zero attached hydrogens (tertiary/aromatic N) is 1. The van der Waals surface area contributed by atoms with Gasteiger partial charge < -0.3 is 19.0 Å². The average Bonchev–Trinajstić information content (AvgIpc) is 2.82. The molecule has 1 N–H and O–H groups in total. The number of phenolic OH excluding ortho intramolecular Hbond substituents is 1. The number of aryl methyl sites for hydroxylation is 1. The van der Waals surface area contributed by atoms with E-state index >= 15 is 0 Å². The maximum atomic E-state index is 13.3. The molecule has 34 heavy (non-hydrogen) atoms. The van der Waals surface area contributed by atoms with Crippen molar-refractivity contribution in [1.82, 2.24) is 4.90 Å². The molecule has 1 saturated heterocycles. The molecule has 1 aromatic heterocycles. The van der Waals surface area contributed by atoms with Gasteiger partial charge in [-0.25, -0.2) is 4.79 Å². The van der Waals surface area contributed by atoms with E-state index in [1.165, 1.54) is 12.5 Å². The maximum Gasteiger partial charge on any atom is 0.338 e. The van der Waals surface area contributed by atoms with Gasteiger partial charge in [0.05, 0.1) is 23.1 Å². The highest BCUT2D eigenvalue weighted by Gasteiger charge is 2.22. The minimum Gasteiger partial charge on any atom is -0.507 e. The second kappa shape index (κ2) is 10.3. The van der Waals surface area contributed by atoms with Gasteiger partial charge in [0.2, 0.25) is 11.2 Å². The number of fused-ring (bicyclic) bond motifs is 1. The molecule has 1 aliphatic heterocycles. The number of rotatable bonds is 7. The van der Waals surface area contributed by atoms with Crippen LogP contribution in [0.1, 0.15) is 54.8 Å². The summed E-state index contributed by atoms with van der Waals surface area (Å²) in [4.78, 5) is 27.6. The summed E-state index contributed by atoms with van der Waals surface area (Å²) in [6.45, 7) is 8.61. The Hall–Kier alpha value is -3.32. The highest BCUT2D eigenvalue weighted by Crippen LogP contribution is 2.32. The summed E-state index contributed by atoms with van der Waals surface area (Å²) in [6, 6.07) is 9.54. The van der Waals surface area contributed by atoms with Crippen LogP contribution in [0.5, 0.6) is 17.2 Å². The second-order valence-corrected chi connectivity index (χ2v) is 9.00. The molecule has 0 spiro atoms. The Morgan fingerprint density at radius 1 is 1.21 bits per heavy atom. The highest BCUT2D eigenvalue weighted by molar-refractivity contribution is 5.89. The van der Waals surface area contributed by atoms with Crippen LogP contribution in [0.4, 0.5) is 0 Å². The molecule has 4 rings (SSSR count). The molecule has 0 aliphatic carbocycles. The van der Waals surface area contributed by atoms with E-state index in [0.717, 1.165) is 25.9 Å². The van der Waals surface area contributed by atoms with Crippen molar-refractivity contribution in [3.63, 3.8) is 0 Å². The lowest BCUT2D eigenvalue weighted by molar-refractivity contribution is 0.0505. The van der Waals surface area contributed by atoms with Gasteiger partial charge in [-0.05, 0) is 75.0 Å². The largest absolute Gasteiger partial charge is 0.507 e. The third kappa shape index (κ3) is 5.09. The highest BCUT2D eigenvalue weighted by atomic mass is 16.5. The quantitative estimate of drug-likeness (QED) is 0.468. The first-order valence-corrected chi connectivity index (χ1v) is 11.8. The average molecular weight is 466 g/mol. The molecule has 180 valence electrons. The Morgan fingerprint density at radius 2 is 1.97 bits per heavy atom. The molecule has 3 aromatic rings. The van der Waals surface area contributed by atoms with Crippen LogP contribution in [-0.4, -0.2) is 35.7 Å². The number of carbonyl (C=O) groups excluding carboxylic acids is 1. The molecule has 1 atom stereocenters. The predicted octanol–water partition coefficient (Wildman–Crippen LogP) is 5.40. The van der Waals surface area contributed by atoms with E-state index in [9.17, 15) is 14.7 Å². The number of ether oxygens (including phenoxy) is 2. The van der Waals surface area contributed by atoms with Crippen LogP contribution in [0.3, 0.4) is 0 Å². The molecule has 1 fully saturated rings. The third-order valence-electron chi connectivity index (χ3n) is 6.13. The summed E-state index contributed by atoms with van der Waals surface area (Å²) >= 11 is 0. The van der Waals surface area contributed by atoms with Crippen molar-refractivity contribution in [2.24, 2.45) is 5.92 Å². The van der Waals surface area contributed by atoms with Gasteiger partial charge in [0.1, 0.15) is 22.8 Å². The number of carbonyl (C=O) groups is 1. The number of esters is 1. The standard InChI is InChI=1S/C27H31NO6/c1-4-14-32-27(31)19-7-9-20(10-8-19)34-25-18(3)33-26-21(24(25)30)11-12-23(29)22(26)16-28-13-5-6-17(2)15-28/h7-12,17,29H,4-6,13-16H2,1-3H3. The van der Waals surface area contributed by atoms with Gasteiger partial charge in [0, 0.05) is 13.1 Å². The second-order valence-electron chi connectivity index (χ2n) is 9.00. The lowest BCUT2D eigenvalue weighted by Gasteiger charge is -2.31. The third-order valence-corrected chi connectivity index (χ3v) is 6.13. The van der Waals surface area contributed by atoms with Crippen LogP contribution in [0, 0.1) is 12.8 Å². The van der Waals surface area contributed by atoms with Crippen molar-refractivity contribution < 1.29 is 23.8 Å². The number of phenols is 1. The maximum absolute atomic E-state index is 13.3.